The fourth-order valence-electron chi connectivity index (χ4n) is 3.40. The molecule has 1 amide bonds. The van der Waals surface area contributed by atoms with Crippen molar-refractivity contribution in [1.29, 1.82) is 0 Å². The highest BCUT2D eigenvalue weighted by molar-refractivity contribution is 5.96. The normalized spacial score (nSPS) is 16.1. The van der Waals surface area contributed by atoms with Crippen molar-refractivity contribution in [1.82, 2.24) is 30.0 Å². The molecule has 2 aromatic heterocycles. The van der Waals surface area contributed by atoms with E-state index >= 15 is 0 Å². The van der Waals surface area contributed by atoms with Crippen molar-refractivity contribution in [3.05, 3.63) is 71.3 Å². The third-order valence-electron chi connectivity index (χ3n) is 4.67. The molecule has 1 aromatic carbocycles. The number of nitrogens with zero attached hydrogens (tertiary/aromatic N) is 5. The number of benzene rings is 1. The number of hydrogen-bond donors (Lipinski definition) is 1. The van der Waals surface area contributed by atoms with E-state index in [-0.39, 0.29) is 11.9 Å². The molecule has 0 aliphatic heterocycles. The molecule has 132 valence electrons. The first-order chi connectivity index (χ1) is 12.7. The van der Waals surface area contributed by atoms with Gasteiger partial charge < -0.3 is 5.32 Å². The van der Waals surface area contributed by atoms with Crippen LogP contribution in [0.15, 0.2) is 43.1 Å². The Balaban J connectivity index is 1.57. The third-order valence-corrected chi connectivity index (χ3v) is 4.67. The Bertz CT molecular complexity index is 922. The molecule has 0 fully saturated rings. The molecule has 1 aliphatic carbocycles. The van der Waals surface area contributed by atoms with E-state index in [2.05, 4.69) is 25.4 Å². The van der Waals surface area contributed by atoms with Gasteiger partial charge in [-0.05, 0) is 37.8 Å². The minimum Gasteiger partial charge on any atom is -0.345 e. The van der Waals surface area contributed by atoms with Crippen molar-refractivity contribution >= 4 is 5.91 Å². The number of nitrogens with one attached hydrogen (secondary N) is 1. The monoisotopic (exact) mass is 348 g/mol. The maximum atomic E-state index is 12.9. The van der Waals surface area contributed by atoms with Crippen LogP contribution in [0.3, 0.4) is 0 Å². The lowest BCUT2D eigenvalue weighted by atomic mass is 9.92. The largest absolute Gasteiger partial charge is 0.345 e. The second kappa shape index (κ2) is 7.03. The average molecular weight is 348 g/mol. The molecular weight excluding hydrogens is 328 g/mol. The van der Waals surface area contributed by atoms with Crippen molar-refractivity contribution in [3.63, 3.8) is 0 Å². The Morgan fingerprint density at radius 3 is 3.08 bits per heavy atom. The van der Waals surface area contributed by atoms with Gasteiger partial charge >= 0.3 is 0 Å². The van der Waals surface area contributed by atoms with E-state index in [1.165, 1.54) is 6.33 Å². The van der Waals surface area contributed by atoms with Crippen LogP contribution in [0.2, 0.25) is 0 Å². The summed E-state index contributed by atoms with van der Waals surface area (Å²) in [4.78, 5) is 25.7. The number of fused-ring (bicyclic) bond motifs is 1. The van der Waals surface area contributed by atoms with Crippen molar-refractivity contribution in [3.8, 4) is 0 Å². The number of hydrogen-bond acceptors (Lipinski definition) is 5. The van der Waals surface area contributed by atoms with Crippen LogP contribution in [0.25, 0.3) is 0 Å². The number of rotatable bonds is 4. The van der Waals surface area contributed by atoms with Gasteiger partial charge in [-0.25, -0.2) is 19.6 Å². The van der Waals surface area contributed by atoms with Crippen LogP contribution in [-0.2, 0) is 13.0 Å². The molecule has 1 N–H and O–H groups in total. The van der Waals surface area contributed by atoms with Gasteiger partial charge in [0, 0.05) is 23.0 Å². The third kappa shape index (κ3) is 3.33. The van der Waals surface area contributed by atoms with E-state index in [1.807, 2.05) is 37.4 Å². The second-order valence-electron chi connectivity index (χ2n) is 6.49. The first-order valence-corrected chi connectivity index (χ1v) is 8.74. The highest BCUT2D eigenvalue weighted by Gasteiger charge is 2.24. The molecule has 7 heteroatoms. The molecule has 2 heterocycles. The van der Waals surface area contributed by atoms with E-state index in [9.17, 15) is 4.79 Å². The summed E-state index contributed by atoms with van der Waals surface area (Å²) in [5.74, 6) is 0.688. The van der Waals surface area contributed by atoms with Gasteiger partial charge in [-0.1, -0.05) is 18.2 Å². The first-order valence-electron chi connectivity index (χ1n) is 8.74. The number of aromatic nitrogens is 5. The van der Waals surface area contributed by atoms with E-state index in [0.717, 1.165) is 41.9 Å². The summed E-state index contributed by atoms with van der Waals surface area (Å²) in [6.45, 7) is 2.40. The van der Waals surface area contributed by atoms with Gasteiger partial charge in [0.2, 0.25) is 0 Å². The molecule has 0 radical (unpaired) electrons. The van der Waals surface area contributed by atoms with Gasteiger partial charge in [-0.3, -0.25) is 4.79 Å². The average Bonchev–Trinajstić information content (AvgIpc) is 3.15. The highest BCUT2D eigenvalue weighted by atomic mass is 16.1. The van der Waals surface area contributed by atoms with Crippen molar-refractivity contribution in [2.24, 2.45) is 0 Å². The predicted molar refractivity (Wildman–Crippen MR) is 95.5 cm³/mol. The molecule has 1 atom stereocenters. The zero-order valence-corrected chi connectivity index (χ0v) is 14.6. The fourth-order valence-corrected chi connectivity index (χ4v) is 3.40. The summed E-state index contributed by atoms with van der Waals surface area (Å²) in [5, 5.41) is 7.29. The topological polar surface area (TPSA) is 85.6 Å². The number of amides is 1. The Kier molecular flexibility index (Phi) is 4.43. The number of carbonyl (C=O) groups is 1. The van der Waals surface area contributed by atoms with E-state index < -0.39 is 0 Å². The molecule has 0 saturated carbocycles. The predicted octanol–water partition coefficient (Wildman–Crippen LogP) is 2.23. The molecule has 0 unspecified atom stereocenters. The minimum absolute atomic E-state index is 0.0497. The quantitative estimate of drug-likeness (QED) is 0.781. The molecule has 1 aliphatic rings. The molecule has 0 spiro atoms. The molecule has 0 bridgehead atoms. The van der Waals surface area contributed by atoms with Gasteiger partial charge in [-0.2, -0.15) is 5.10 Å². The highest BCUT2D eigenvalue weighted by Crippen LogP contribution is 2.28. The SMILES string of the molecule is Cc1ncc2c(n1)CCC[C@@H]2NC(=O)c1ccccc1Cn1cncn1. The Hall–Kier alpha value is -3.09. The van der Waals surface area contributed by atoms with Gasteiger partial charge in [0.05, 0.1) is 12.6 Å². The first kappa shape index (κ1) is 16.4. The summed E-state index contributed by atoms with van der Waals surface area (Å²) in [6, 6.07) is 7.54. The van der Waals surface area contributed by atoms with Crippen LogP contribution in [-0.4, -0.2) is 30.6 Å². The van der Waals surface area contributed by atoms with E-state index in [4.69, 9.17) is 0 Å². The second-order valence-corrected chi connectivity index (χ2v) is 6.49. The zero-order chi connectivity index (χ0) is 17.9. The minimum atomic E-state index is -0.0841. The fraction of sp³-hybridized carbons (Fsp3) is 0.316. The maximum absolute atomic E-state index is 12.9. The van der Waals surface area contributed by atoms with Crippen LogP contribution in [0, 0.1) is 6.92 Å². The van der Waals surface area contributed by atoms with Gasteiger partial charge in [0.25, 0.3) is 5.91 Å². The number of aryl methyl sites for hydroxylation is 2. The van der Waals surface area contributed by atoms with E-state index in [0.29, 0.717) is 12.1 Å². The lowest BCUT2D eigenvalue weighted by Crippen LogP contribution is -2.32. The Morgan fingerprint density at radius 1 is 1.35 bits per heavy atom. The molecule has 7 nitrogen and oxygen atoms in total. The molecular formula is C19H20N6O. The van der Waals surface area contributed by atoms with E-state index in [1.54, 1.807) is 11.0 Å². The van der Waals surface area contributed by atoms with Crippen molar-refractivity contribution in [2.45, 2.75) is 38.8 Å². The van der Waals surface area contributed by atoms with Crippen LogP contribution in [0.1, 0.15) is 51.9 Å². The van der Waals surface area contributed by atoms with Crippen molar-refractivity contribution in [2.75, 3.05) is 0 Å². The van der Waals surface area contributed by atoms with Crippen molar-refractivity contribution < 1.29 is 4.79 Å². The van der Waals surface area contributed by atoms with Crippen LogP contribution >= 0.6 is 0 Å². The molecule has 26 heavy (non-hydrogen) atoms. The molecule has 3 aromatic rings. The summed E-state index contributed by atoms with van der Waals surface area (Å²) in [6.07, 6.45) is 7.83. The summed E-state index contributed by atoms with van der Waals surface area (Å²) in [5.41, 5.74) is 3.64. The standard InChI is InChI=1S/C19H20N6O/c1-13-21-9-16-17(23-13)7-4-8-18(16)24-19(26)15-6-3-2-5-14(15)10-25-12-20-11-22-25/h2-3,5-6,9,11-12,18H,4,7-8,10H2,1H3,(H,24,26)/t18-/m0/s1. The maximum Gasteiger partial charge on any atom is 0.252 e. The molecule has 4 rings (SSSR count). The van der Waals surface area contributed by atoms with Crippen LogP contribution in [0.5, 0.6) is 0 Å². The Labute approximate surface area is 151 Å². The lowest BCUT2D eigenvalue weighted by Gasteiger charge is -2.25. The van der Waals surface area contributed by atoms with Crippen LogP contribution < -0.4 is 5.32 Å². The summed E-state index contributed by atoms with van der Waals surface area (Å²) >= 11 is 0. The summed E-state index contributed by atoms with van der Waals surface area (Å²) in [7, 11) is 0. The number of carbonyl (C=O) groups excluding carboxylic acids is 1. The zero-order valence-electron chi connectivity index (χ0n) is 14.6. The Morgan fingerprint density at radius 2 is 2.23 bits per heavy atom. The van der Waals surface area contributed by atoms with Gasteiger partial charge in [-0.15, -0.1) is 0 Å². The van der Waals surface area contributed by atoms with Gasteiger partial charge in [0.15, 0.2) is 0 Å². The lowest BCUT2D eigenvalue weighted by molar-refractivity contribution is 0.0931. The smallest absolute Gasteiger partial charge is 0.252 e. The van der Waals surface area contributed by atoms with Crippen LogP contribution in [0.4, 0.5) is 0 Å². The van der Waals surface area contributed by atoms with Gasteiger partial charge in [0.1, 0.15) is 18.5 Å². The summed E-state index contributed by atoms with van der Waals surface area (Å²) < 4.78 is 1.71. The molecule has 0 saturated heterocycles.